The van der Waals surface area contributed by atoms with Crippen molar-refractivity contribution < 1.29 is 4.74 Å². The van der Waals surface area contributed by atoms with Gasteiger partial charge in [-0.15, -0.1) is 0 Å². The van der Waals surface area contributed by atoms with Crippen molar-refractivity contribution in [2.24, 2.45) is 5.92 Å². The van der Waals surface area contributed by atoms with Gasteiger partial charge in [0.25, 0.3) is 0 Å². The van der Waals surface area contributed by atoms with Crippen LogP contribution in [0.4, 0.5) is 0 Å². The van der Waals surface area contributed by atoms with Crippen LogP contribution in [-0.2, 0) is 24.7 Å². The number of rotatable bonds is 5. The average Bonchev–Trinajstić information content (AvgIpc) is 3.25. The topological polar surface area (TPSA) is 28.3 Å². The second-order valence-corrected chi connectivity index (χ2v) is 10.9. The number of aromatic amines is 1. The number of fused-ring (bicyclic) bond motifs is 4. The molecule has 0 spiro atoms. The Balaban J connectivity index is 1.36. The maximum absolute atomic E-state index is 5.64. The number of hydrogen-bond acceptors (Lipinski definition) is 2. The summed E-state index contributed by atoms with van der Waals surface area (Å²) in [5.41, 5.74) is 7.18. The van der Waals surface area contributed by atoms with Crippen molar-refractivity contribution in [1.82, 2.24) is 9.88 Å². The third kappa shape index (κ3) is 3.77. The number of para-hydroxylation sites is 1. The standard InChI is InChI=1S/C30H31BrN2O/c1-34-24-10-5-9-22(17-24)30-14-16-33(15-13-21-7-3-2-4-8-21)20-23(30)18-26-25-11-6-12-27(31)29(25)32-28(26)19-30/h2-12,17,23,32H,13-16,18-20H2,1H3/t23?,30-/m1/s1. The summed E-state index contributed by atoms with van der Waals surface area (Å²) in [6.07, 6.45) is 4.47. The quantitative estimate of drug-likeness (QED) is 0.327. The van der Waals surface area contributed by atoms with Gasteiger partial charge in [0.1, 0.15) is 5.75 Å². The van der Waals surface area contributed by atoms with Crippen molar-refractivity contribution in [3.05, 3.63) is 99.7 Å². The number of ether oxygens (including phenoxy) is 1. The minimum atomic E-state index is 0.137. The molecule has 0 amide bonds. The predicted octanol–water partition coefficient (Wildman–Crippen LogP) is 6.54. The van der Waals surface area contributed by atoms with Gasteiger partial charge in [-0.2, -0.15) is 0 Å². The number of piperidine rings is 1. The molecule has 2 heterocycles. The fraction of sp³-hybridized carbons (Fsp3) is 0.333. The van der Waals surface area contributed by atoms with E-state index in [-0.39, 0.29) is 5.41 Å². The molecule has 1 N–H and O–H groups in total. The van der Waals surface area contributed by atoms with E-state index in [1.165, 1.54) is 39.7 Å². The molecule has 3 aromatic carbocycles. The van der Waals surface area contributed by atoms with Gasteiger partial charge >= 0.3 is 0 Å². The van der Waals surface area contributed by atoms with Crippen LogP contribution in [0.1, 0.15) is 28.8 Å². The number of hydrogen-bond donors (Lipinski definition) is 1. The Labute approximate surface area is 210 Å². The van der Waals surface area contributed by atoms with Crippen LogP contribution in [-0.4, -0.2) is 36.6 Å². The lowest BCUT2D eigenvalue weighted by molar-refractivity contribution is 0.0822. The molecule has 34 heavy (non-hydrogen) atoms. The monoisotopic (exact) mass is 514 g/mol. The zero-order valence-electron chi connectivity index (χ0n) is 19.7. The van der Waals surface area contributed by atoms with Crippen LogP contribution in [0, 0.1) is 5.92 Å². The van der Waals surface area contributed by atoms with E-state index in [1.54, 1.807) is 7.11 Å². The van der Waals surface area contributed by atoms with Crippen LogP contribution in [0.5, 0.6) is 5.75 Å². The number of aromatic nitrogens is 1. The van der Waals surface area contributed by atoms with E-state index in [4.69, 9.17) is 4.74 Å². The van der Waals surface area contributed by atoms with Gasteiger partial charge in [-0.25, -0.2) is 0 Å². The summed E-state index contributed by atoms with van der Waals surface area (Å²) >= 11 is 3.77. The van der Waals surface area contributed by atoms with E-state index >= 15 is 0 Å². The molecule has 4 aromatic rings. The van der Waals surface area contributed by atoms with Gasteiger partial charge in [0.05, 0.1) is 12.6 Å². The maximum atomic E-state index is 5.64. The lowest BCUT2D eigenvalue weighted by atomic mass is 9.58. The van der Waals surface area contributed by atoms with E-state index in [0.717, 1.165) is 49.1 Å². The number of nitrogens with one attached hydrogen (secondary N) is 1. The van der Waals surface area contributed by atoms with Gasteiger partial charge in [-0.05, 0) is 89.0 Å². The van der Waals surface area contributed by atoms with Gasteiger partial charge in [-0.3, -0.25) is 0 Å². The van der Waals surface area contributed by atoms with Crippen LogP contribution in [0.3, 0.4) is 0 Å². The lowest BCUT2D eigenvalue weighted by Crippen LogP contribution is -2.54. The van der Waals surface area contributed by atoms with E-state index in [1.807, 2.05) is 0 Å². The zero-order valence-corrected chi connectivity index (χ0v) is 21.3. The molecule has 0 saturated carbocycles. The Bertz CT molecular complexity index is 1310. The van der Waals surface area contributed by atoms with Gasteiger partial charge in [-0.1, -0.05) is 54.6 Å². The molecule has 1 unspecified atom stereocenters. The highest BCUT2D eigenvalue weighted by Crippen LogP contribution is 2.50. The zero-order chi connectivity index (χ0) is 23.1. The van der Waals surface area contributed by atoms with Crippen molar-refractivity contribution in [2.45, 2.75) is 31.1 Å². The molecular formula is C30H31BrN2O. The Morgan fingerprint density at radius 1 is 1.06 bits per heavy atom. The number of methoxy groups -OCH3 is 1. The van der Waals surface area contributed by atoms with Crippen molar-refractivity contribution >= 4 is 26.8 Å². The Morgan fingerprint density at radius 2 is 1.91 bits per heavy atom. The fourth-order valence-electron chi connectivity index (χ4n) is 6.42. The summed E-state index contributed by atoms with van der Waals surface area (Å²) in [5, 5.41) is 1.38. The highest BCUT2D eigenvalue weighted by atomic mass is 79.9. The minimum absolute atomic E-state index is 0.137. The highest BCUT2D eigenvalue weighted by molar-refractivity contribution is 9.10. The second kappa shape index (κ2) is 8.90. The van der Waals surface area contributed by atoms with Crippen molar-refractivity contribution in [2.75, 3.05) is 26.7 Å². The summed E-state index contributed by atoms with van der Waals surface area (Å²) in [6.45, 7) is 3.41. The summed E-state index contributed by atoms with van der Waals surface area (Å²) in [4.78, 5) is 6.51. The Kier molecular flexibility index (Phi) is 5.74. The number of benzene rings is 3. The van der Waals surface area contributed by atoms with Crippen LogP contribution in [0.2, 0.25) is 0 Å². The average molecular weight is 515 g/mol. The SMILES string of the molecule is COc1cccc([C@]23CCN(CCc4ccccc4)CC2Cc2c([nH]c4c(Br)cccc24)C3)c1. The fourth-order valence-corrected chi connectivity index (χ4v) is 6.88. The molecule has 3 nitrogen and oxygen atoms in total. The first-order valence-corrected chi connectivity index (χ1v) is 13.1. The van der Waals surface area contributed by atoms with Gasteiger partial charge in [0, 0.05) is 34.1 Å². The first-order valence-electron chi connectivity index (χ1n) is 12.3. The van der Waals surface area contributed by atoms with Crippen LogP contribution >= 0.6 is 15.9 Å². The van der Waals surface area contributed by atoms with Crippen LogP contribution in [0.15, 0.2) is 77.3 Å². The van der Waals surface area contributed by atoms with Gasteiger partial charge in [0.15, 0.2) is 0 Å². The summed E-state index contributed by atoms with van der Waals surface area (Å²) < 4.78 is 6.79. The van der Waals surface area contributed by atoms with E-state index in [2.05, 4.69) is 98.6 Å². The number of H-pyrrole nitrogens is 1. The van der Waals surface area contributed by atoms with E-state index in [0.29, 0.717) is 5.92 Å². The minimum Gasteiger partial charge on any atom is -0.497 e. The molecule has 1 aliphatic heterocycles. The molecule has 2 atom stereocenters. The molecule has 0 bridgehead atoms. The molecule has 2 aliphatic rings. The van der Waals surface area contributed by atoms with E-state index in [9.17, 15) is 0 Å². The molecule has 6 rings (SSSR count). The van der Waals surface area contributed by atoms with Crippen molar-refractivity contribution in [3.8, 4) is 5.75 Å². The highest BCUT2D eigenvalue weighted by Gasteiger charge is 2.48. The Hall–Kier alpha value is -2.56. The summed E-state index contributed by atoms with van der Waals surface area (Å²) in [6, 6.07) is 26.3. The first kappa shape index (κ1) is 21.9. The third-order valence-corrected chi connectivity index (χ3v) is 8.92. The van der Waals surface area contributed by atoms with E-state index < -0.39 is 0 Å². The summed E-state index contributed by atoms with van der Waals surface area (Å²) in [7, 11) is 1.77. The molecule has 1 saturated heterocycles. The number of nitrogens with zero attached hydrogens (tertiary/aromatic N) is 1. The molecule has 0 radical (unpaired) electrons. The van der Waals surface area contributed by atoms with Crippen LogP contribution < -0.4 is 4.74 Å². The van der Waals surface area contributed by atoms with Crippen molar-refractivity contribution in [3.63, 3.8) is 0 Å². The number of likely N-dealkylation sites (tertiary alicyclic amines) is 1. The predicted molar refractivity (Wildman–Crippen MR) is 143 cm³/mol. The number of halogens is 1. The molecular weight excluding hydrogens is 484 g/mol. The molecule has 1 aromatic heterocycles. The third-order valence-electron chi connectivity index (χ3n) is 8.26. The summed E-state index contributed by atoms with van der Waals surface area (Å²) in [5.74, 6) is 1.54. The van der Waals surface area contributed by atoms with Crippen molar-refractivity contribution in [1.29, 1.82) is 0 Å². The first-order chi connectivity index (χ1) is 16.7. The molecule has 174 valence electrons. The normalized spacial score (nSPS) is 22.4. The molecule has 4 heteroatoms. The molecule has 1 fully saturated rings. The van der Waals surface area contributed by atoms with Crippen LogP contribution in [0.25, 0.3) is 10.9 Å². The van der Waals surface area contributed by atoms with Gasteiger partial charge in [0.2, 0.25) is 0 Å². The molecule has 1 aliphatic carbocycles. The second-order valence-electron chi connectivity index (χ2n) is 10.00. The van der Waals surface area contributed by atoms with Gasteiger partial charge < -0.3 is 14.6 Å². The maximum Gasteiger partial charge on any atom is 0.119 e. The smallest absolute Gasteiger partial charge is 0.119 e. The Morgan fingerprint density at radius 3 is 2.76 bits per heavy atom. The largest absolute Gasteiger partial charge is 0.497 e. The lowest BCUT2D eigenvalue weighted by Gasteiger charge is -2.51.